The van der Waals surface area contributed by atoms with Crippen LogP contribution >= 0.6 is 11.6 Å². The lowest BCUT2D eigenvalue weighted by Gasteiger charge is -2.19. The first-order chi connectivity index (χ1) is 13.8. The molecule has 0 saturated heterocycles. The van der Waals surface area contributed by atoms with Crippen molar-refractivity contribution in [3.05, 3.63) is 86.9 Å². The number of benzene rings is 2. The van der Waals surface area contributed by atoms with E-state index in [0.29, 0.717) is 23.8 Å². The molecule has 4 rings (SSSR count). The van der Waals surface area contributed by atoms with E-state index in [2.05, 4.69) is 48.2 Å². The molecule has 7 heteroatoms. The van der Waals surface area contributed by atoms with Gasteiger partial charge in [0.25, 0.3) is 5.56 Å². The second-order valence-electron chi connectivity index (χ2n) is 8.14. The second kappa shape index (κ2) is 7.44. The zero-order valence-electron chi connectivity index (χ0n) is 16.6. The van der Waals surface area contributed by atoms with Crippen LogP contribution in [0.4, 0.5) is 0 Å². The van der Waals surface area contributed by atoms with Crippen molar-refractivity contribution in [1.82, 2.24) is 24.5 Å². The highest BCUT2D eigenvalue weighted by Crippen LogP contribution is 2.22. The van der Waals surface area contributed by atoms with Crippen molar-refractivity contribution < 1.29 is 0 Å². The summed E-state index contributed by atoms with van der Waals surface area (Å²) in [4.78, 5) is 17.3. The molecule has 0 aliphatic heterocycles. The van der Waals surface area contributed by atoms with Crippen LogP contribution in [0, 0.1) is 0 Å². The van der Waals surface area contributed by atoms with Crippen molar-refractivity contribution in [2.24, 2.45) is 0 Å². The van der Waals surface area contributed by atoms with Gasteiger partial charge in [-0.1, -0.05) is 80.1 Å². The minimum absolute atomic E-state index is 0.0932. The van der Waals surface area contributed by atoms with Crippen molar-refractivity contribution >= 4 is 22.8 Å². The summed E-state index contributed by atoms with van der Waals surface area (Å²) in [5.74, 6) is 0. The Morgan fingerprint density at radius 2 is 1.72 bits per heavy atom. The maximum absolute atomic E-state index is 12.9. The summed E-state index contributed by atoms with van der Waals surface area (Å²) < 4.78 is 3.16. The topological polar surface area (TPSA) is 65.6 Å². The number of hydrogen-bond acceptors (Lipinski definition) is 4. The highest BCUT2D eigenvalue weighted by atomic mass is 35.5. The van der Waals surface area contributed by atoms with E-state index < -0.39 is 0 Å². The van der Waals surface area contributed by atoms with E-state index in [1.165, 1.54) is 5.56 Å². The van der Waals surface area contributed by atoms with Gasteiger partial charge in [-0.25, -0.2) is 9.67 Å². The van der Waals surface area contributed by atoms with Crippen LogP contribution in [0.1, 0.15) is 37.5 Å². The molecular weight excluding hydrogens is 386 g/mol. The van der Waals surface area contributed by atoms with Gasteiger partial charge < -0.3 is 0 Å². The molecule has 0 radical (unpaired) electrons. The molecule has 0 atom stereocenters. The fourth-order valence-electron chi connectivity index (χ4n) is 3.20. The van der Waals surface area contributed by atoms with Crippen LogP contribution in [0.15, 0.2) is 59.7 Å². The number of rotatable bonds is 4. The van der Waals surface area contributed by atoms with Crippen LogP contribution in [0.5, 0.6) is 0 Å². The molecule has 2 heterocycles. The Hall–Kier alpha value is -2.99. The van der Waals surface area contributed by atoms with E-state index in [1.807, 2.05) is 36.4 Å². The highest BCUT2D eigenvalue weighted by molar-refractivity contribution is 6.31. The predicted molar refractivity (Wildman–Crippen MR) is 114 cm³/mol. The molecule has 0 spiro atoms. The average Bonchev–Trinajstić information content (AvgIpc) is 3.09. The molecule has 0 aliphatic rings. The Morgan fingerprint density at radius 3 is 2.41 bits per heavy atom. The molecule has 0 unspecified atom stereocenters. The van der Waals surface area contributed by atoms with Crippen LogP contribution in [-0.2, 0) is 18.5 Å². The van der Waals surface area contributed by atoms with Crippen molar-refractivity contribution in [3.8, 4) is 0 Å². The molecule has 148 valence electrons. The highest BCUT2D eigenvalue weighted by Gasteiger charge is 2.15. The zero-order valence-corrected chi connectivity index (χ0v) is 17.4. The van der Waals surface area contributed by atoms with Gasteiger partial charge >= 0.3 is 0 Å². The van der Waals surface area contributed by atoms with Gasteiger partial charge in [-0.3, -0.25) is 9.36 Å². The number of nitrogens with zero attached hydrogens (tertiary/aromatic N) is 5. The van der Waals surface area contributed by atoms with Crippen molar-refractivity contribution in [1.29, 1.82) is 0 Å². The summed E-state index contributed by atoms with van der Waals surface area (Å²) in [5.41, 5.74) is 3.77. The molecular formula is C22H22ClN5O. The number of fused-ring (bicyclic) bond motifs is 1. The van der Waals surface area contributed by atoms with Crippen LogP contribution in [0.25, 0.3) is 11.2 Å². The molecule has 4 aromatic rings. The van der Waals surface area contributed by atoms with Crippen LogP contribution in [0.2, 0.25) is 5.02 Å². The quantitative estimate of drug-likeness (QED) is 0.512. The molecule has 0 aliphatic carbocycles. The summed E-state index contributed by atoms with van der Waals surface area (Å²) >= 11 is 6.23. The monoisotopic (exact) mass is 407 g/mol. The van der Waals surface area contributed by atoms with Crippen molar-refractivity contribution in [3.63, 3.8) is 0 Å². The van der Waals surface area contributed by atoms with E-state index in [4.69, 9.17) is 11.6 Å². The van der Waals surface area contributed by atoms with Gasteiger partial charge in [0.2, 0.25) is 0 Å². The minimum atomic E-state index is -0.208. The number of hydrogen-bond donors (Lipinski definition) is 0. The first-order valence-electron chi connectivity index (χ1n) is 9.44. The van der Waals surface area contributed by atoms with Crippen LogP contribution in [-0.4, -0.2) is 24.5 Å². The Kier molecular flexibility index (Phi) is 4.96. The van der Waals surface area contributed by atoms with E-state index in [1.54, 1.807) is 15.6 Å². The molecule has 0 bridgehead atoms. The lowest BCUT2D eigenvalue weighted by atomic mass is 9.87. The summed E-state index contributed by atoms with van der Waals surface area (Å²) in [6.45, 7) is 7.37. The third kappa shape index (κ3) is 3.93. The molecule has 2 aromatic carbocycles. The standard InChI is InChI=1S/C22H22ClN5O/c1-22(2,3)17-10-8-15(9-11-17)12-27-14-24-20-19(21(27)29)25-26-28(20)13-16-6-4-5-7-18(16)23/h4-11,14H,12-13H2,1-3H3. The maximum atomic E-state index is 12.9. The maximum Gasteiger partial charge on any atom is 0.283 e. The largest absolute Gasteiger partial charge is 0.293 e. The Morgan fingerprint density at radius 1 is 1.00 bits per heavy atom. The van der Waals surface area contributed by atoms with E-state index in [0.717, 1.165) is 11.1 Å². The Labute approximate surface area is 173 Å². The van der Waals surface area contributed by atoms with Crippen LogP contribution in [0.3, 0.4) is 0 Å². The lowest BCUT2D eigenvalue weighted by Crippen LogP contribution is -2.22. The summed E-state index contributed by atoms with van der Waals surface area (Å²) in [6.07, 6.45) is 1.55. The van der Waals surface area contributed by atoms with E-state index >= 15 is 0 Å². The fraction of sp³-hybridized carbons (Fsp3) is 0.273. The van der Waals surface area contributed by atoms with E-state index in [9.17, 15) is 4.79 Å². The first-order valence-corrected chi connectivity index (χ1v) is 9.82. The minimum Gasteiger partial charge on any atom is -0.293 e. The van der Waals surface area contributed by atoms with Gasteiger partial charge in [0.1, 0.15) is 6.33 Å². The average molecular weight is 408 g/mol. The molecule has 6 nitrogen and oxygen atoms in total. The van der Waals surface area contributed by atoms with Gasteiger partial charge in [-0.2, -0.15) is 0 Å². The van der Waals surface area contributed by atoms with Crippen molar-refractivity contribution in [2.75, 3.05) is 0 Å². The summed E-state index contributed by atoms with van der Waals surface area (Å²) in [7, 11) is 0. The molecule has 0 saturated carbocycles. The Bertz CT molecular complexity index is 1220. The third-order valence-electron chi connectivity index (χ3n) is 4.94. The molecule has 2 aromatic heterocycles. The number of aromatic nitrogens is 5. The molecule has 0 N–H and O–H groups in total. The normalized spacial score (nSPS) is 11.9. The van der Waals surface area contributed by atoms with Gasteiger partial charge in [0, 0.05) is 5.02 Å². The molecule has 0 fully saturated rings. The number of halogens is 1. The summed E-state index contributed by atoms with van der Waals surface area (Å²) in [6, 6.07) is 15.8. The zero-order chi connectivity index (χ0) is 20.6. The second-order valence-corrected chi connectivity index (χ2v) is 8.54. The summed E-state index contributed by atoms with van der Waals surface area (Å²) in [5, 5.41) is 8.82. The van der Waals surface area contributed by atoms with Gasteiger partial charge in [-0.15, -0.1) is 5.10 Å². The molecule has 29 heavy (non-hydrogen) atoms. The smallest absolute Gasteiger partial charge is 0.283 e. The van der Waals surface area contributed by atoms with Gasteiger partial charge in [-0.05, 0) is 28.2 Å². The third-order valence-corrected chi connectivity index (χ3v) is 5.31. The van der Waals surface area contributed by atoms with Crippen molar-refractivity contribution in [2.45, 2.75) is 39.3 Å². The van der Waals surface area contributed by atoms with Crippen LogP contribution < -0.4 is 5.56 Å². The molecule has 0 amide bonds. The fourth-order valence-corrected chi connectivity index (χ4v) is 3.40. The predicted octanol–water partition coefficient (Wildman–Crippen LogP) is 4.04. The van der Waals surface area contributed by atoms with Gasteiger partial charge in [0.15, 0.2) is 11.2 Å². The first kappa shape index (κ1) is 19.3. The SMILES string of the molecule is CC(C)(C)c1ccc(Cn2cnc3c(nnn3Cc3ccccc3Cl)c2=O)cc1. The van der Waals surface area contributed by atoms with E-state index in [-0.39, 0.29) is 16.5 Å². The Balaban J connectivity index is 1.62. The lowest BCUT2D eigenvalue weighted by molar-refractivity contribution is 0.589. The van der Waals surface area contributed by atoms with Gasteiger partial charge in [0.05, 0.1) is 13.1 Å².